The van der Waals surface area contributed by atoms with E-state index in [1.165, 1.54) is 16.7 Å². The van der Waals surface area contributed by atoms with Crippen molar-refractivity contribution in [3.63, 3.8) is 0 Å². The van der Waals surface area contributed by atoms with Gasteiger partial charge in [-0.2, -0.15) is 5.10 Å². The van der Waals surface area contributed by atoms with Gasteiger partial charge in [0.05, 0.1) is 5.88 Å². The molecule has 0 fully saturated rings. The summed E-state index contributed by atoms with van der Waals surface area (Å²) >= 11 is 5.65. The molecule has 4 heteroatoms. The minimum atomic E-state index is 0.351. The predicted octanol–water partition coefficient (Wildman–Crippen LogP) is 2.75. The van der Waals surface area contributed by atoms with E-state index in [0.717, 1.165) is 12.2 Å². The molecule has 0 saturated heterocycles. The quantitative estimate of drug-likeness (QED) is 0.832. The van der Waals surface area contributed by atoms with Crippen LogP contribution < -0.4 is 0 Å². The van der Waals surface area contributed by atoms with E-state index in [1.54, 1.807) is 0 Å². The van der Waals surface area contributed by atoms with Gasteiger partial charge in [-0.05, 0) is 19.4 Å². The molecule has 2 rings (SSSR count). The number of halogens is 1. The van der Waals surface area contributed by atoms with Crippen LogP contribution in [0.15, 0.2) is 18.2 Å². The van der Waals surface area contributed by atoms with Crippen molar-refractivity contribution < 1.29 is 0 Å². The van der Waals surface area contributed by atoms with Crippen LogP contribution in [-0.2, 0) is 12.3 Å². The molecule has 0 aliphatic rings. The number of H-pyrrole nitrogens is 1. The van der Waals surface area contributed by atoms with E-state index in [0.29, 0.717) is 11.7 Å². The third-order valence-corrected chi connectivity index (χ3v) is 2.59. The molecule has 0 radical (unpaired) electrons. The van der Waals surface area contributed by atoms with Gasteiger partial charge in [-0.15, -0.1) is 11.6 Å². The SMILES string of the molecule is Cc1cc(C)cc(Cc2nc(CCl)n[nH]2)c1. The van der Waals surface area contributed by atoms with Crippen molar-refractivity contribution in [2.75, 3.05) is 0 Å². The highest BCUT2D eigenvalue weighted by Crippen LogP contribution is 2.12. The number of alkyl halides is 1. The first kappa shape index (κ1) is 11.1. The Morgan fingerprint density at radius 3 is 2.44 bits per heavy atom. The second kappa shape index (κ2) is 4.66. The van der Waals surface area contributed by atoms with Crippen LogP contribution in [0.4, 0.5) is 0 Å². The van der Waals surface area contributed by atoms with E-state index < -0.39 is 0 Å². The molecule has 84 valence electrons. The lowest BCUT2D eigenvalue weighted by Gasteiger charge is -2.02. The van der Waals surface area contributed by atoms with Gasteiger partial charge in [0.15, 0.2) is 5.82 Å². The number of nitrogens with one attached hydrogen (secondary N) is 1. The predicted molar refractivity (Wildman–Crippen MR) is 64.7 cm³/mol. The number of aryl methyl sites for hydroxylation is 2. The average molecular weight is 236 g/mol. The minimum absolute atomic E-state index is 0.351. The van der Waals surface area contributed by atoms with Crippen LogP contribution in [0.2, 0.25) is 0 Å². The van der Waals surface area contributed by atoms with Crippen molar-refractivity contribution in [2.24, 2.45) is 0 Å². The van der Waals surface area contributed by atoms with Crippen LogP contribution >= 0.6 is 11.6 Å². The van der Waals surface area contributed by atoms with Gasteiger partial charge >= 0.3 is 0 Å². The summed E-state index contributed by atoms with van der Waals surface area (Å²) in [5.74, 6) is 1.87. The summed E-state index contributed by atoms with van der Waals surface area (Å²) in [7, 11) is 0. The highest BCUT2D eigenvalue weighted by atomic mass is 35.5. The standard InChI is InChI=1S/C12H14ClN3/c1-8-3-9(2)5-10(4-8)6-11-14-12(7-13)16-15-11/h3-5H,6-7H2,1-2H3,(H,14,15,16). The number of hydrogen-bond acceptors (Lipinski definition) is 2. The molecule has 3 nitrogen and oxygen atoms in total. The summed E-state index contributed by atoms with van der Waals surface area (Å²) in [6.45, 7) is 4.20. The fourth-order valence-corrected chi connectivity index (χ4v) is 1.96. The van der Waals surface area contributed by atoms with Crippen molar-refractivity contribution >= 4 is 11.6 Å². The van der Waals surface area contributed by atoms with Gasteiger partial charge < -0.3 is 0 Å². The average Bonchev–Trinajstić information content (AvgIpc) is 2.64. The van der Waals surface area contributed by atoms with Gasteiger partial charge in [0.2, 0.25) is 0 Å². The van der Waals surface area contributed by atoms with Crippen molar-refractivity contribution in [1.82, 2.24) is 15.2 Å². The summed E-state index contributed by atoms with van der Waals surface area (Å²) in [6.07, 6.45) is 0.770. The highest BCUT2D eigenvalue weighted by molar-refractivity contribution is 6.16. The third-order valence-electron chi connectivity index (χ3n) is 2.35. The monoisotopic (exact) mass is 235 g/mol. The Kier molecular flexibility index (Phi) is 3.25. The molecular formula is C12H14ClN3. The number of nitrogens with zero attached hydrogens (tertiary/aromatic N) is 2. The maximum atomic E-state index is 5.65. The van der Waals surface area contributed by atoms with Crippen molar-refractivity contribution in [3.8, 4) is 0 Å². The van der Waals surface area contributed by atoms with E-state index in [4.69, 9.17) is 11.6 Å². The fraction of sp³-hybridized carbons (Fsp3) is 0.333. The summed E-state index contributed by atoms with van der Waals surface area (Å²) < 4.78 is 0. The van der Waals surface area contributed by atoms with Crippen molar-refractivity contribution in [3.05, 3.63) is 46.5 Å². The number of aromatic amines is 1. The van der Waals surface area contributed by atoms with Gasteiger partial charge in [-0.1, -0.05) is 29.3 Å². The van der Waals surface area contributed by atoms with Crippen molar-refractivity contribution in [1.29, 1.82) is 0 Å². The van der Waals surface area contributed by atoms with Gasteiger partial charge in [0.1, 0.15) is 5.82 Å². The van der Waals surface area contributed by atoms with Crippen LogP contribution in [0.3, 0.4) is 0 Å². The van der Waals surface area contributed by atoms with Gasteiger partial charge in [-0.25, -0.2) is 4.98 Å². The van der Waals surface area contributed by atoms with E-state index in [1.807, 2.05) is 0 Å². The Hall–Kier alpha value is -1.35. The largest absolute Gasteiger partial charge is 0.263 e. The molecule has 0 bridgehead atoms. The first-order chi connectivity index (χ1) is 7.67. The Labute approximate surface area is 99.9 Å². The zero-order valence-corrected chi connectivity index (χ0v) is 10.2. The molecular weight excluding hydrogens is 222 g/mol. The van der Waals surface area contributed by atoms with E-state index in [-0.39, 0.29) is 0 Å². The zero-order valence-electron chi connectivity index (χ0n) is 9.42. The number of hydrogen-bond donors (Lipinski definition) is 1. The van der Waals surface area contributed by atoms with Gasteiger partial charge in [-0.3, -0.25) is 5.10 Å². The molecule has 16 heavy (non-hydrogen) atoms. The lowest BCUT2D eigenvalue weighted by Crippen LogP contribution is -1.93. The summed E-state index contributed by atoms with van der Waals surface area (Å²) in [6, 6.07) is 6.49. The maximum Gasteiger partial charge on any atom is 0.165 e. The zero-order chi connectivity index (χ0) is 11.5. The lowest BCUT2D eigenvalue weighted by molar-refractivity contribution is 0.966. The number of rotatable bonds is 3. The summed E-state index contributed by atoms with van der Waals surface area (Å²) in [5.41, 5.74) is 3.79. The van der Waals surface area contributed by atoms with Crippen LogP contribution in [0.5, 0.6) is 0 Å². The van der Waals surface area contributed by atoms with Crippen LogP contribution in [0, 0.1) is 13.8 Å². The Morgan fingerprint density at radius 1 is 1.19 bits per heavy atom. The fourth-order valence-electron chi connectivity index (χ4n) is 1.84. The lowest BCUT2D eigenvalue weighted by atomic mass is 10.1. The number of benzene rings is 1. The first-order valence-corrected chi connectivity index (χ1v) is 5.74. The third kappa shape index (κ3) is 2.61. The molecule has 1 N–H and O–H groups in total. The minimum Gasteiger partial charge on any atom is -0.263 e. The molecule has 1 aromatic heterocycles. The van der Waals surface area contributed by atoms with Crippen LogP contribution in [-0.4, -0.2) is 15.2 Å². The topological polar surface area (TPSA) is 41.6 Å². The second-order valence-electron chi connectivity index (χ2n) is 4.00. The molecule has 2 aromatic rings. The van der Waals surface area contributed by atoms with Crippen LogP contribution in [0.25, 0.3) is 0 Å². The smallest absolute Gasteiger partial charge is 0.165 e. The molecule has 1 aromatic carbocycles. The maximum absolute atomic E-state index is 5.65. The molecule has 0 unspecified atom stereocenters. The molecule has 0 aliphatic heterocycles. The summed E-state index contributed by atoms with van der Waals surface area (Å²) in [5, 5.41) is 6.91. The van der Waals surface area contributed by atoms with Crippen LogP contribution in [0.1, 0.15) is 28.3 Å². The first-order valence-electron chi connectivity index (χ1n) is 5.20. The molecule has 0 spiro atoms. The Bertz CT molecular complexity index is 471. The Balaban J connectivity index is 2.19. The van der Waals surface area contributed by atoms with Gasteiger partial charge in [0, 0.05) is 6.42 Å². The molecule has 0 atom stereocenters. The second-order valence-corrected chi connectivity index (χ2v) is 4.27. The molecule has 0 saturated carbocycles. The van der Waals surface area contributed by atoms with E-state index in [2.05, 4.69) is 47.2 Å². The Morgan fingerprint density at radius 2 is 1.88 bits per heavy atom. The normalized spacial score (nSPS) is 10.7. The molecule has 0 aliphatic carbocycles. The molecule has 1 heterocycles. The van der Waals surface area contributed by atoms with E-state index >= 15 is 0 Å². The number of aromatic nitrogens is 3. The van der Waals surface area contributed by atoms with E-state index in [9.17, 15) is 0 Å². The highest BCUT2D eigenvalue weighted by Gasteiger charge is 2.03. The summed E-state index contributed by atoms with van der Waals surface area (Å²) in [4.78, 5) is 4.28. The van der Waals surface area contributed by atoms with Gasteiger partial charge in [0.25, 0.3) is 0 Å². The van der Waals surface area contributed by atoms with Crippen molar-refractivity contribution in [2.45, 2.75) is 26.1 Å². The molecule has 0 amide bonds.